The van der Waals surface area contributed by atoms with E-state index < -0.39 is 0 Å². The molecule has 0 aliphatic carbocycles. The van der Waals surface area contributed by atoms with Gasteiger partial charge in [0.25, 0.3) is 0 Å². The second-order valence-corrected chi connectivity index (χ2v) is 8.59. The van der Waals surface area contributed by atoms with E-state index in [-0.39, 0.29) is 29.9 Å². The minimum atomic E-state index is 0. The number of piperazine rings is 1. The van der Waals surface area contributed by atoms with Crippen LogP contribution in [0.15, 0.2) is 29.3 Å². The van der Waals surface area contributed by atoms with Crippen molar-refractivity contribution < 1.29 is 4.79 Å². The third-order valence-electron chi connectivity index (χ3n) is 5.58. The number of aliphatic imine (C=N–C) groups is 1. The number of carbonyl (C=O) groups is 1. The van der Waals surface area contributed by atoms with Crippen LogP contribution in [0.3, 0.4) is 0 Å². The van der Waals surface area contributed by atoms with E-state index in [1.54, 1.807) is 0 Å². The Balaban J connectivity index is 0.00000320. The second kappa shape index (κ2) is 12.5. The first-order valence-electron chi connectivity index (χ1n) is 11.2. The quantitative estimate of drug-likeness (QED) is 0.337. The summed E-state index contributed by atoms with van der Waals surface area (Å²) in [4.78, 5) is 23.7. The molecule has 0 atom stereocenters. The maximum absolute atomic E-state index is 11.9. The normalized spacial score (nSPS) is 18.1. The van der Waals surface area contributed by atoms with Crippen LogP contribution >= 0.6 is 24.0 Å². The summed E-state index contributed by atoms with van der Waals surface area (Å²) in [6.07, 6.45) is 1.68. The summed E-state index contributed by atoms with van der Waals surface area (Å²) in [6.45, 7) is 15.2. The average molecular weight is 527 g/mol. The molecule has 2 saturated heterocycles. The molecule has 0 unspecified atom stereocenters. The highest BCUT2D eigenvalue weighted by molar-refractivity contribution is 14.0. The van der Waals surface area contributed by atoms with E-state index in [2.05, 4.69) is 60.2 Å². The molecule has 1 amide bonds. The van der Waals surface area contributed by atoms with E-state index in [1.165, 1.54) is 17.7 Å². The summed E-state index contributed by atoms with van der Waals surface area (Å²) < 4.78 is 0. The number of hydrogen-bond acceptors (Lipinski definition) is 3. The van der Waals surface area contributed by atoms with Gasteiger partial charge in [-0.3, -0.25) is 9.69 Å². The summed E-state index contributed by atoms with van der Waals surface area (Å²) in [5.74, 6) is 2.00. The highest BCUT2D eigenvalue weighted by atomic mass is 127. The number of hydrogen-bond donors (Lipinski definition) is 1. The van der Waals surface area contributed by atoms with E-state index in [1.807, 2.05) is 4.90 Å². The number of benzene rings is 1. The SMILES string of the molecule is CCNC(=NCc1cccc(CN2CCCC2=O)c1)N1CCN(CC(C)C)CC1.I. The summed E-state index contributed by atoms with van der Waals surface area (Å²) in [5.41, 5.74) is 2.39. The van der Waals surface area contributed by atoms with Gasteiger partial charge in [-0.25, -0.2) is 4.99 Å². The van der Waals surface area contributed by atoms with Gasteiger partial charge in [-0.05, 0) is 30.4 Å². The number of guanidine groups is 1. The smallest absolute Gasteiger partial charge is 0.222 e. The van der Waals surface area contributed by atoms with Crippen molar-refractivity contribution in [2.75, 3.05) is 45.8 Å². The van der Waals surface area contributed by atoms with E-state index >= 15 is 0 Å². The number of rotatable bonds is 7. The van der Waals surface area contributed by atoms with Crippen LogP contribution in [0.4, 0.5) is 0 Å². The van der Waals surface area contributed by atoms with Crippen LogP contribution in [0.25, 0.3) is 0 Å². The third-order valence-corrected chi connectivity index (χ3v) is 5.58. The van der Waals surface area contributed by atoms with Crippen molar-refractivity contribution in [2.24, 2.45) is 10.9 Å². The Bertz CT molecular complexity index is 701. The molecule has 0 bridgehead atoms. The van der Waals surface area contributed by atoms with Crippen LogP contribution in [-0.4, -0.2) is 72.4 Å². The first-order chi connectivity index (χ1) is 14.0. The molecule has 2 fully saturated rings. The predicted octanol–water partition coefficient (Wildman–Crippen LogP) is 3.17. The summed E-state index contributed by atoms with van der Waals surface area (Å²) in [7, 11) is 0. The fraction of sp³-hybridized carbons (Fsp3) is 0.652. The molecule has 1 N–H and O–H groups in total. The van der Waals surface area contributed by atoms with Crippen LogP contribution in [0.1, 0.15) is 44.7 Å². The average Bonchev–Trinajstić information content (AvgIpc) is 3.10. The van der Waals surface area contributed by atoms with Crippen molar-refractivity contribution in [3.8, 4) is 0 Å². The third kappa shape index (κ3) is 7.41. The molecule has 1 aromatic rings. The zero-order valence-corrected chi connectivity index (χ0v) is 21.1. The Kier molecular flexibility index (Phi) is 10.4. The Morgan fingerprint density at radius 3 is 2.50 bits per heavy atom. The monoisotopic (exact) mass is 527 g/mol. The number of halogens is 1. The zero-order chi connectivity index (χ0) is 20.6. The Morgan fingerprint density at radius 1 is 1.13 bits per heavy atom. The molecule has 7 heteroatoms. The van der Waals surface area contributed by atoms with Crippen LogP contribution < -0.4 is 5.32 Å². The fourth-order valence-electron chi connectivity index (χ4n) is 4.17. The summed E-state index contributed by atoms with van der Waals surface area (Å²) >= 11 is 0. The van der Waals surface area contributed by atoms with Crippen LogP contribution in [-0.2, 0) is 17.9 Å². The van der Waals surface area contributed by atoms with Crippen LogP contribution in [0.2, 0.25) is 0 Å². The molecule has 30 heavy (non-hydrogen) atoms. The van der Waals surface area contributed by atoms with Gasteiger partial charge in [-0.1, -0.05) is 38.1 Å². The molecule has 0 saturated carbocycles. The molecule has 1 aromatic carbocycles. The van der Waals surface area contributed by atoms with Crippen molar-refractivity contribution >= 4 is 35.8 Å². The van der Waals surface area contributed by atoms with E-state index in [9.17, 15) is 4.79 Å². The molecule has 2 aliphatic heterocycles. The first-order valence-corrected chi connectivity index (χ1v) is 11.2. The largest absolute Gasteiger partial charge is 0.357 e. The predicted molar refractivity (Wildman–Crippen MR) is 134 cm³/mol. The maximum atomic E-state index is 11.9. The molecule has 6 nitrogen and oxygen atoms in total. The Hall–Kier alpha value is -1.35. The number of carbonyl (C=O) groups excluding carboxylic acids is 1. The highest BCUT2D eigenvalue weighted by Crippen LogP contribution is 2.16. The lowest BCUT2D eigenvalue weighted by Crippen LogP contribution is -2.53. The van der Waals surface area contributed by atoms with Crippen LogP contribution in [0.5, 0.6) is 0 Å². The summed E-state index contributed by atoms with van der Waals surface area (Å²) in [6, 6.07) is 8.51. The number of amides is 1. The van der Waals surface area contributed by atoms with Crippen molar-refractivity contribution in [2.45, 2.75) is 46.7 Å². The second-order valence-electron chi connectivity index (χ2n) is 8.59. The van der Waals surface area contributed by atoms with Gasteiger partial charge >= 0.3 is 0 Å². The lowest BCUT2D eigenvalue weighted by molar-refractivity contribution is -0.128. The topological polar surface area (TPSA) is 51.2 Å². The van der Waals surface area contributed by atoms with E-state index in [4.69, 9.17) is 4.99 Å². The molecule has 168 valence electrons. The molecule has 0 spiro atoms. The molecule has 3 rings (SSSR count). The van der Waals surface area contributed by atoms with Gasteiger partial charge in [0, 0.05) is 58.8 Å². The molecule has 2 aliphatic rings. The first kappa shape index (κ1) is 24.9. The molecule has 0 radical (unpaired) electrons. The van der Waals surface area contributed by atoms with Gasteiger partial charge in [-0.2, -0.15) is 0 Å². The molecular formula is C23H38IN5O. The van der Waals surface area contributed by atoms with Gasteiger partial charge in [0.1, 0.15) is 0 Å². The Labute approximate surface area is 199 Å². The minimum absolute atomic E-state index is 0. The number of likely N-dealkylation sites (tertiary alicyclic amines) is 1. The molecule has 0 aromatic heterocycles. The van der Waals surface area contributed by atoms with Crippen molar-refractivity contribution in [3.63, 3.8) is 0 Å². The van der Waals surface area contributed by atoms with Crippen LogP contribution in [0, 0.1) is 5.92 Å². The van der Waals surface area contributed by atoms with Crippen molar-refractivity contribution in [3.05, 3.63) is 35.4 Å². The zero-order valence-electron chi connectivity index (χ0n) is 18.8. The number of nitrogens with zero attached hydrogens (tertiary/aromatic N) is 4. The number of nitrogens with one attached hydrogen (secondary N) is 1. The van der Waals surface area contributed by atoms with Gasteiger partial charge < -0.3 is 15.1 Å². The fourth-order valence-corrected chi connectivity index (χ4v) is 4.17. The van der Waals surface area contributed by atoms with Crippen molar-refractivity contribution in [1.29, 1.82) is 0 Å². The highest BCUT2D eigenvalue weighted by Gasteiger charge is 2.21. The van der Waals surface area contributed by atoms with E-state index in [0.717, 1.165) is 51.6 Å². The summed E-state index contributed by atoms with van der Waals surface area (Å²) in [5, 5.41) is 3.46. The standard InChI is InChI=1S/C23H37N5O.HI/c1-4-24-23(27-13-11-26(12-14-27)17-19(2)3)25-16-20-7-5-8-21(15-20)18-28-10-6-9-22(28)29;/h5,7-8,15,19H,4,6,9-14,16-18H2,1-3H3,(H,24,25);1H. The van der Waals surface area contributed by atoms with Gasteiger partial charge in [0.05, 0.1) is 6.54 Å². The lowest BCUT2D eigenvalue weighted by Gasteiger charge is -2.37. The Morgan fingerprint density at radius 2 is 1.87 bits per heavy atom. The van der Waals surface area contributed by atoms with Gasteiger partial charge in [-0.15, -0.1) is 24.0 Å². The van der Waals surface area contributed by atoms with Gasteiger partial charge in [0.15, 0.2) is 5.96 Å². The lowest BCUT2D eigenvalue weighted by atomic mass is 10.1. The molecule has 2 heterocycles. The minimum Gasteiger partial charge on any atom is -0.357 e. The maximum Gasteiger partial charge on any atom is 0.222 e. The van der Waals surface area contributed by atoms with E-state index in [0.29, 0.717) is 25.4 Å². The molecular weight excluding hydrogens is 489 g/mol. The van der Waals surface area contributed by atoms with Crippen molar-refractivity contribution in [1.82, 2.24) is 20.0 Å². The van der Waals surface area contributed by atoms with Gasteiger partial charge in [0.2, 0.25) is 5.91 Å².